The number of hydrogen-bond acceptors (Lipinski definition) is 5. The Morgan fingerprint density at radius 3 is 2.80 bits per heavy atom. The first-order valence-corrected chi connectivity index (χ1v) is 11.6. The van der Waals surface area contributed by atoms with Gasteiger partial charge >= 0.3 is 0 Å². The molecule has 3 aromatic rings. The molecular formula is C22H19N3O3S2. The van der Waals surface area contributed by atoms with Gasteiger partial charge in [0.2, 0.25) is 5.91 Å². The van der Waals surface area contributed by atoms with Gasteiger partial charge in [-0.25, -0.2) is 0 Å². The van der Waals surface area contributed by atoms with E-state index in [1.54, 1.807) is 28.4 Å². The number of fused-ring (bicyclic) bond motifs is 2. The summed E-state index contributed by atoms with van der Waals surface area (Å²) in [5.41, 5.74) is 3.06. The van der Waals surface area contributed by atoms with Crippen LogP contribution >= 0.6 is 22.7 Å². The zero-order valence-corrected chi connectivity index (χ0v) is 17.6. The molecule has 30 heavy (non-hydrogen) atoms. The zero-order chi connectivity index (χ0) is 20.7. The van der Waals surface area contributed by atoms with Gasteiger partial charge in [-0.15, -0.1) is 11.3 Å². The van der Waals surface area contributed by atoms with E-state index in [-0.39, 0.29) is 23.8 Å². The molecule has 152 valence electrons. The Hall–Kier alpha value is -2.97. The third kappa shape index (κ3) is 3.42. The Morgan fingerprint density at radius 1 is 1.13 bits per heavy atom. The van der Waals surface area contributed by atoms with E-state index >= 15 is 0 Å². The van der Waals surface area contributed by atoms with Gasteiger partial charge in [0.1, 0.15) is 6.04 Å². The summed E-state index contributed by atoms with van der Waals surface area (Å²) in [5.74, 6) is -0.485. The van der Waals surface area contributed by atoms with E-state index in [1.165, 1.54) is 11.3 Å². The van der Waals surface area contributed by atoms with Crippen LogP contribution in [-0.2, 0) is 4.79 Å². The third-order valence-electron chi connectivity index (χ3n) is 5.61. The summed E-state index contributed by atoms with van der Waals surface area (Å²) in [4.78, 5) is 40.9. The van der Waals surface area contributed by atoms with Crippen molar-refractivity contribution in [2.45, 2.75) is 24.9 Å². The van der Waals surface area contributed by atoms with Crippen LogP contribution in [0.1, 0.15) is 32.9 Å². The third-order valence-corrected chi connectivity index (χ3v) is 7.16. The Morgan fingerprint density at radius 2 is 2.03 bits per heavy atom. The monoisotopic (exact) mass is 437 g/mol. The van der Waals surface area contributed by atoms with Crippen molar-refractivity contribution in [1.82, 2.24) is 10.2 Å². The van der Waals surface area contributed by atoms with Gasteiger partial charge in [0.25, 0.3) is 11.8 Å². The minimum atomic E-state index is -0.600. The van der Waals surface area contributed by atoms with Gasteiger partial charge in [0.05, 0.1) is 16.1 Å². The standard InChI is InChI=1S/C22H19N3O3S2/c26-20-18-11-15(23-21(27)19-2-1-8-30-19)5-7-25(18)22(28)16-10-13(3-4-17(16)24-20)14-6-9-29-12-14/h1-4,6,8-10,12,15,18H,5,7,11H2,(H,23,27)(H,24,26). The molecular weight excluding hydrogens is 418 g/mol. The number of piperidine rings is 1. The van der Waals surface area contributed by atoms with E-state index in [4.69, 9.17) is 0 Å². The lowest BCUT2D eigenvalue weighted by atomic mass is 9.96. The maximum atomic E-state index is 13.3. The second-order valence-corrected chi connectivity index (χ2v) is 9.18. The molecule has 0 bridgehead atoms. The van der Waals surface area contributed by atoms with E-state index < -0.39 is 6.04 Å². The number of carbonyl (C=O) groups is 3. The molecule has 2 unspecified atom stereocenters. The summed E-state index contributed by atoms with van der Waals surface area (Å²) in [6, 6.07) is 10.4. The molecule has 8 heteroatoms. The minimum absolute atomic E-state index is 0.132. The SMILES string of the molecule is O=C(NC1CCN2C(=O)c3cc(-c4ccsc4)ccc3NC(=O)C2C1)c1cccs1. The number of thiophene rings is 2. The first-order valence-electron chi connectivity index (χ1n) is 9.73. The molecule has 2 aliphatic heterocycles. The van der Waals surface area contributed by atoms with E-state index in [1.807, 2.05) is 40.4 Å². The average molecular weight is 438 g/mol. The van der Waals surface area contributed by atoms with Crippen molar-refractivity contribution in [3.05, 3.63) is 63.0 Å². The van der Waals surface area contributed by atoms with Crippen LogP contribution in [0.5, 0.6) is 0 Å². The molecule has 2 atom stereocenters. The van der Waals surface area contributed by atoms with Crippen molar-refractivity contribution in [2.24, 2.45) is 0 Å². The molecule has 0 spiro atoms. The number of nitrogens with zero attached hydrogens (tertiary/aromatic N) is 1. The van der Waals surface area contributed by atoms with Crippen LogP contribution in [0.2, 0.25) is 0 Å². The predicted molar refractivity (Wildman–Crippen MR) is 118 cm³/mol. The Kier molecular flexibility index (Phi) is 4.88. The molecule has 6 nitrogen and oxygen atoms in total. The number of amides is 3. The summed E-state index contributed by atoms with van der Waals surface area (Å²) in [7, 11) is 0. The molecule has 5 rings (SSSR count). The van der Waals surface area contributed by atoms with Crippen LogP contribution in [0.15, 0.2) is 52.5 Å². The summed E-state index contributed by atoms with van der Waals surface area (Å²) in [6.45, 7) is 0.425. The average Bonchev–Trinajstić information content (AvgIpc) is 3.46. The van der Waals surface area contributed by atoms with Gasteiger partial charge in [-0.3, -0.25) is 14.4 Å². The Labute approximate surface area is 181 Å². The quantitative estimate of drug-likeness (QED) is 0.654. The highest BCUT2D eigenvalue weighted by Crippen LogP contribution is 2.32. The highest BCUT2D eigenvalue weighted by Gasteiger charge is 2.40. The first-order chi connectivity index (χ1) is 14.6. The van der Waals surface area contributed by atoms with Crippen LogP contribution in [0.25, 0.3) is 11.1 Å². The lowest BCUT2D eigenvalue weighted by molar-refractivity contribution is -0.121. The van der Waals surface area contributed by atoms with Gasteiger partial charge in [-0.1, -0.05) is 12.1 Å². The van der Waals surface area contributed by atoms with Crippen molar-refractivity contribution in [3.8, 4) is 11.1 Å². The summed E-state index contributed by atoms with van der Waals surface area (Å²) < 4.78 is 0. The molecule has 3 amide bonds. The number of anilines is 1. The molecule has 0 aliphatic carbocycles. The van der Waals surface area contributed by atoms with Crippen molar-refractivity contribution < 1.29 is 14.4 Å². The molecule has 4 heterocycles. The summed E-state index contributed by atoms with van der Waals surface area (Å²) in [6.07, 6.45) is 1.02. The van der Waals surface area contributed by atoms with Crippen molar-refractivity contribution in [3.63, 3.8) is 0 Å². The van der Waals surface area contributed by atoms with Crippen molar-refractivity contribution in [1.29, 1.82) is 0 Å². The molecule has 1 aromatic carbocycles. The molecule has 2 N–H and O–H groups in total. The van der Waals surface area contributed by atoms with Crippen LogP contribution in [-0.4, -0.2) is 41.2 Å². The number of carbonyl (C=O) groups excluding carboxylic acids is 3. The highest BCUT2D eigenvalue weighted by molar-refractivity contribution is 7.12. The minimum Gasteiger partial charge on any atom is -0.348 e. The van der Waals surface area contributed by atoms with E-state index in [2.05, 4.69) is 10.6 Å². The van der Waals surface area contributed by atoms with Gasteiger partial charge in [0.15, 0.2) is 0 Å². The van der Waals surface area contributed by atoms with Crippen molar-refractivity contribution in [2.75, 3.05) is 11.9 Å². The number of benzene rings is 1. The topological polar surface area (TPSA) is 78.5 Å². The molecule has 0 radical (unpaired) electrons. The largest absolute Gasteiger partial charge is 0.348 e. The van der Waals surface area contributed by atoms with E-state index in [0.29, 0.717) is 35.5 Å². The predicted octanol–water partition coefficient (Wildman–Crippen LogP) is 3.83. The molecule has 1 saturated heterocycles. The Balaban J connectivity index is 1.38. The summed E-state index contributed by atoms with van der Waals surface area (Å²) >= 11 is 2.98. The van der Waals surface area contributed by atoms with Crippen molar-refractivity contribution >= 4 is 46.1 Å². The van der Waals surface area contributed by atoms with Crippen LogP contribution < -0.4 is 10.6 Å². The fourth-order valence-corrected chi connectivity index (χ4v) is 5.35. The second-order valence-electron chi connectivity index (χ2n) is 7.45. The van der Waals surface area contributed by atoms with Crippen LogP contribution in [0.3, 0.4) is 0 Å². The molecule has 2 aromatic heterocycles. The first kappa shape index (κ1) is 19.0. The van der Waals surface area contributed by atoms with E-state index in [9.17, 15) is 14.4 Å². The molecule has 0 saturated carbocycles. The van der Waals surface area contributed by atoms with Gasteiger partial charge in [0, 0.05) is 12.6 Å². The number of nitrogens with one attached hydrogen (secondary N) is 2. The Bertz CT molecular complexity index is 1110. The second kappa shape index (κ2) is 7.70. The number of hydrogen-bond donors (Lipinski definition) is 2. The molecule has 2 aliphatic rings. The highest BCUT2D eigenvalue weighted by atomic mass is 32.1. The van der Waals surface area contributed by atoms with Gasteiger partial charge in [-0.2, -0.15) is 11.3 Å². The summed E-state index contributed by atoms with van der Waals surface area (Å²) in [5, 5.41) is 11.8. The van der Waals surface area contributed by atoms with Crippen LogP contribution in [0.4, 0.5) is 5.69 Å². The normalized spacial score (nSPS) is 20.7. The lowest BCUT2D eigenvalue weighted by Gasteiger charge is -2.37. The smallest absolute Gasteiger partial charge is 0.261 e. The fourth-order valence-electron chi connectivity index (χ4n) is 4.06. The van der Waals surface area contributed by atoms with Gasteiger partial charge in [-0.05, 0) is 64.4 Å². The fraction of sp³-hybridized carbons (Fsp3) is 0.227. The lowest BCUT2D eigenvalue weighted by Crippen LogP contribution is -2.54. The molecule has 1 fully saturated rings. The van der Waals surface area contributed by atoms with Gasteiger partial charge < -0.3 is 15.5 Å². The maximum absolute atomic E-state index is 13.3. The van der Waals surface area contributed by atoms with Crippen LogP contribution in [0, 0.1) is 0 Å². The van der Waals surface area contributed by atoms with E-state index in [0.717, 1.165) is 11.1 Å². The maximum Gasteiger partial charge on any atom is 0.261 e. The number of rotatable bonds is 3. The zero-order valence-electron chi connectivity index (χ0n) is 16.0.